The number of rotatable bonds is 39. The Morgan fingerprint density at radius 1 is 0.519 bits per heavy atom. The van der Waals surface area contributed by atoms with E-state index in [9.17, 15) is 22.9 Å². The number of hydrogen-bond acceptors (Lipinski definition) is 4. The van der Waals surface area contributed by atoms with Gasteiger partial charge < -0.3 is 10.4 Å². The van der Waals surface area contributed by atoms with Crippen molar-refractivity contribution in [1.29, 1.82) is 0 Å². The summed E-state index contributed by atoms with van der Waals surface area (Å²) in [6, 6.07) is -1.07. The zero-order valence-corrected chi connectivity index (χ0v) is 35.6. The molecule has 7 heteroatoms. The van der Waals surface area contributed by atoms with Crippen LogP contribution in [0.2, 0.25) is 0 Å². The Morgan fingerprint density at radius 3 is 1.31 bits per heavy atom. The molecule has 0 aromatic carbocycles. The number of aliphatic hydroxyl groups excluding tert-OH is 1. The standard InChI is InChI=1S/C47H83NO5S/c1-3-5-7-9-11-13-15-17-19-21-23-24-25-27-29-31-33-35-37-39-41-43-47(50)48-45(44-54(51,52)53)46(49)42-40-38-36-34-32-30-28-26-22-20-18-16-14-12-10-8-6-4-2/h5,7,11,13,17,19,23-24,27,29,40,42,45-46,49H,3-4,6,8-10,12,14-16,18,20-22,25-26,28,30-39,41,43-44H2,1-2H3,(H,48,50)(H,51,52,53)/b7-5-,13-11-,19-17-,24-23-,29-27-,42-40+. The minimum atomic E-state index is -4.36. The quantitative estimate of drug-likeness (QED) is 0.0328. The molecule has 0 aliphatic heterocycles. The summed E-state index contributed by atoms with van der Waals surface area (Å²) >= 11 is 0. The highest BCUT2D eigenvalue weighted by Crippen LogP contribution is 2.15. The average molecular weight is 774 g/mol. The fourth-order valence-corrected chi connectivity index (χ4v) is 7.09. The minimum Gasteiger partial charge on any atom is -0.387 e. The van der Waals surface area contributed by atoms with Crippen molar-refractivity contribution in [2.75, 3.05) is 5.75 Å². The Kier molecular flexibility index (Phi) is 38.8. The van der Waals surface area contributed by atoms with Crippen LogP contribution in [0.25, 0.3) is 0 Å². The maximum Gasteiger partial charge on any atom is 0.267 e. The van der Waals surface area contributed by atoms with Gasteiger partial charge in [0.2, 0.25) is 5.91 Å². The number of unbranched alkanes of at least 4 members (excludes halogenated alkanes) is 21. The van der Waals surface area contributed by atoms with E-state index in [-0.39, 0.29) is 12.3 Å². The van der Waals surface area contributed by atoms with Gasteiger partial charge in [0.25, 0.3) is 10.1 Å². The maximum atomic E-state index is 12.5. The first kappa shape index (κ1) is 51.8. The van der Waals surface area contributed by atoms with Gasteiger partial charge in [-0.2, -0.15) is 8.42 Å². The predicted molar refractivity (Wildman–Crippen MR) is 234 cm³/mol. The Hall–Kier alpha value is -2.22. The molecule has 2 unspecified atom stereocenters. The molecule has 0 bridgehead atoms. The van der Waals surface area contributed by atoms with Crippen LogP contribution in [-0.4, -0.2) is 41.9 Å². The summed E-state index contributed by atoms with van der Waals surface area (Å²) in [6.45, 7) is 4.42. The molecule has 0 rings (SSSR count). The van der Waals surface area contributed by atoms with Crippen molar-refractivity contribution in [3.8, 4) is 0 Å². The van der Waals surface area contributed by atoms with Crippen LogP contribution < -0.4 is 5.32 Å². The molecule has 0 aliphatic rings. The van der Waals surface area contributed by atoms with E-state index in [1.54, 1.807) is 6.08 Å². The van der Waals surface area contributed by atoms with Crippen molar-refractivity contribution in [1.82, 2.24) is 5.32 Å². The Balaban J connectivity index is 3.95. The molecule has 0 aliphatic carbocycles. The lowest BCUT2D eigenvalue weighted by atomic mass is 10.0. The van der Waals surface area contributed by atoms with Gasteiger partial charge in [-0.3, -0.25) is 9.35 Å². The van der Waals surface area contributed by atoms with E-state index in [0.717, 1.165) is 83.5 Å². The van der Waals surface area contributed by atoms with Gasteiger partial charge in [-0.25, -0.2) is 0 Å². The van der Waals surface area contributed by atoms with Gasteiger partial charge in [0.05, 0.1) is 17.9 Å². The molecule has 6 nitrogen and oxygen atoms in total. The minimum absolute atomic E-state index is 0.270. The topological polar surface area (TPSA) is 104 Å². The van der Waals surface area contributed by atoms with Crippen LogP contribution in [0.3, 0.4) is 0 Å². The van der Waals surface area contributed by atoms with Gasteiger partial charge in [0.15, 0.2) is 0 Å². The average Bonchev–Trinajstić information content (AvgIpc) is 3.14. The van der Waals surface area contributed by atoms with E-state index in [2.05, 4.69) is 79.9 Å². The van der Waals surface area contributed by atoms with Crippen molar-refractivity contribution in [3.63, 3.8) is 0 Å². The number of carbonyl (C=O) groups is 1. The largest absolute Gasteiger partial charge is 0.387 e. The molecule has 0 saturated carbocycles. The zero-order valence-electron chi connectivity index (χ0n) is 34.8. The monoisotopic (exact) mass is 774 g/mol. The Labute approximate surface area is 334 Å². The summed E-state index contributed by atoms with van der Waals surface area (Å²) in [7, 11) is -4.36. The molecule has 312 valence electrons. The second kappa shape index (κ2) is 40.4. The van der Waals surface area contributed by atoms with Crippen LogP contribution in [0.1, 0.15) is 200 Å². The molecular formula is C47H83NO5S. The highest BCUT2D eigenvalue weighted by atomic mass is 32.2. The van der Waals surface area contributed by atoms with E-state index in [1.807, 2.05) is 6.08 Å². The molecule has 0 fully saturated rings. The fraction of sp³-hybridized carbons (Fsp3) is 0.723. The van der Waals surface area contributed by atoms with Crippen LogP contribution in [0.5, 0.6) is 0 Å². The van der Waals surface area contributed by atoms with E-state index < -0.39 is 28.0 Å². The molecule has 0 saturated heterocycles. The lowest BCUT2D eigenvalue weighted by Crippen LogP contribution is -2.46. The summed E-state index contributed by atoms with van der Waals surface area (Å²) < 4.78 is 32.6. The third-order valence-electron chi connectivity index (χ3n) is 9.64. The number of hydrogen-bond donors (Lipinski definition) is 3. The predicted octanol–water partition coefficient (Wildman–Crippen LogP) is 13.4. The number of aliphatic hydroxyl groups is 1. The SMILES string of the molecule is CC/C=C\C/C=C\C/C=C\C/C=C\C/C=C\CCCCCCCC(=O)NC(CS(=O)(=O)O)C(O)/C=C/CCCCCCCCCCCCCCCCCC. The second-order valence-electron chi connectivity index (χ2n) is 14.9. The zero-order chi connectivity index (χ0) is 39.6. The second-order valence-corrected chi connectivity index (χ2v) is 16.4. The van der Waals surface area contributed by atoms with Crippen molar-refractivity contribution in [2.45, 2.75) is 212 Å². The third-order valence-corrected chi connectivity index (χ3v) is 10.4. The molecule has 1 amide bonds. The van der Waals surface area contributed by atoms with Crippen LogP contribution in [0, 0.1) is 0 Å². The Morgan fingerprint density at radius 2 is 0.889 bits per heavy atom. The summed E-state index contributed by atoms with van der Waals surface area (Å²) in [5, 5.41) is 13.3. The summed E-state index contributed by atoms with van der Waals surface area (Å²) in [5.41, 5.74) is 0. The van der Waals surface area contributed by atoms with Gasteiger partial charge in [0, 0.05) is 6.42 Å². The fourth-order valence-electron chi connectivity index (χ4n) is 6.36. The number of allylic oxidation sites excluding steroid dienone is 11. The molecular weight excluding hydrogens is 691 g/mol. The first-order valence-corrected chi connectivity index (χ1v) is 23.7. The van der Waals surface area contributed by atoms with Crippen LogP contribution >= 0.6 is 0 Å². The highest BCUT2D eigenvalue weighted by Gasteiger charge is 2.24. The molecule has 0 radical (unpaired) electrons. The molecule has 0 aromatic rings. The van der Waals surface area contributed by atoms with E-state index in [4.69, 9.17) is 0 Å². The summed E-state index contributed by atoms with van der Waals surface area (Å²) in [4.78, 5) is 12.5. The van der Waals surface area contributed by atoms with E-state index in [1.165, 1.54) is 89.9 Å². The molecule has 0 heterocycles. The van der Waals surface area contributed by atoms with Crippen LogP contribution in [-0.2, 0) is 14.9 Å². The maximum absolute atomic E-state index is 12.5. The summed E-state index contributed by atoms with van der Waals surface area (Å²) in [5.74, 6) is -1.01. The van der Waals surface area contributed by atoms with Gasteiger partial charge in [-0.05, 0) is 64.2 Å². The normalized spacial score (nSPS) is 13.9. The molecule has 2 atom stereocenters. The lowest BCUT2D eigenvalue weighted by molar-refractivity contribution is -0.122. The lowest BCUT2D eigenvalue weighted by Gasteiger charge is -2.21. The van der Waals surface area contributed by atoms with Crippen molar-refractivity contribution in [3.05, 3.63) is 72.9 Å². The van der Waals surface area contributed by atoms with Gasteiger partial charge in [-0.1, -0.05) is 202 Å². The third kappa shape index (κ3) is 41.0. The molecule has 3 N–H and O–H groups in total. The van der Waals surface area contributed by atoms with Crippen molar-refractivity contribution < 1.29 is 22.9 Å². The van der Waals surface area contributed by atoms with Gasteiger partial charge in [0.1, 0.15) is 0 Å². The number of amides is 1. The van der Waals surface area contributed by atoms with Crippen molar-refractivity contribution in [2.24, 2.45) is 0 Å². The van der Waals surface area contributed by atoms with Gasteiger partial charge in [-0.15, -0.1) is 0 Å². The summed E-state index contributed by atoms with van der Waals surface area (Å²) in [6.07, 6.45) is 57.4. The smallest absolute Gasteiger partial charge is 0.267 e. The number of nitrogens with one attached hydrogen (secondary N) is 1. The molecule has 0 aromatic heterocycles. The molecule has 0 spiro atoms. The highest BCUT2D eigenvalue weighted by molar-refractivity contribution is 7.85. The van der Waals surface area contributed by atoms with Crippen LogP contribution in [0.15, 0.2) is 72.9 Å². The van der Waals surface area contributed by atoms with E-state index in [0.29, 0.717) is 6.42 Å². The first-order valence-electron chi connectivity index (χ1n) is 22.1. The molecule has 54 heavy (non-hydrogen) atoms. The first-order chi connectivity index (χ1) is 26.3. The van der Waals surface area contributed by atoms with Gasteiger partial charge >= 0.3 is 0 Å². The Bertz CT molecular complexity index is 1120. The number of carbonyl (C=O) groups excluding carboxylic acids is 1. The van der Waals surface area contributed by atoms with Crippen LogP contribution in [0.4, 0.5) is 0 Å². The van der Waals surface area contributed by atoms with Crippen molar-refractivity contribution >= 4 is 16.0 Å². The van der Waals surface area contributed by atoms with E-state index >= 15 is 0 Å².